The first-order valence-electron chi connectivity index (χ1n) is 3.34. The molecule has 0 aromatic carbocycles. The number of hydrogen-bond donors (Lipinski definition) is 1. The molecule has 1 N–H and O–H groups in total. The fourth-order valence-electron chi connectivity index (χ4n) is 0.725. The maximum atomic E-state index is 11.6. The molecule has 0 saturated carbocycles. The van der Waals surface area contributed by atoms with E-state index in [-0.39, 0.29) is 6.67 Å². The highest BCUT2D eigenvalue weighted by Crippen LogP contribution is 2.20. The number of alkyl halides is 1. The number of thiophene rings is 1. The van der Waals surface area contributed by atoms with Crippen molar-refractivity contribution in [3.8, 4) is 0 Å². The minimum atomic E-state index is -0.320. The van der Waals surface area contributed by atoms with E-state index < -0.39 is 0 Å². The van der Waals surface area contributed by atoms with Crippen molar-refractivity contribution in [2.24, 2.45) is 0 Å². The second-order valence-electron chi connectivity index (χ2n) is 2.07. The maximum absolute atomic E-state index is 11.6. The van der Waals surface area contributed by atoms with Gasteiger partial charge in [0.05, 0.1) is 4.34 Å². The molecule has 0 aliphatic heterocycles. The third-order valence-electron chi connectivity index (χ3n) is 1.20. The van der Waals surface area contributed by atoms with Gasteiger partial charge in [-0.1, -0.05) is 11.6 Å². The molecule has 0 bridgehead atoms. The Kier molecular flexibility index (Phi) is 3.83. The number of rotatable bonds is 4. The van der Waals surface area contributed by atoms with Gasteiger partial charge in [-0.15, -0.1) is 11.3 Å². The predicted octanol–water partition coefficient (Wildman–Crippen LogP) is 2.46. The van der Waals surface area contributed by atoms with Gasteiger partial charge in [0.25, 0.3) is 0 Å². The average Bonchev–Trinajstić information content (AvgIpc) is 2.37. The van der Waals surface area contributed by atoms with Crippen molar-refractivity contribution in [1.29, 1.82) is 0 Å². The molecule has 1 heterocycles. The summed E-state index contributed by atoms with van der Waals surface area (Å²) in [6.07, 6.45) is 0. The number of nitrogens with one attached hydrogen (secondary N) is 1. The zero-order valence-corrected chi connectivity index (χ0v) is 7.51. The molecule has 11 heavy (non-hydrogen) atoms. The summed E-state index contributed by atoms with van der Waals surface area (Å²) in [6.45, 7) is 0.802. The molecule has 0 fully saturated rings. The van der Waals surface area contributed by atoms with Gasteiger partial charge in [0.15, 0.2) is 0 Å². The van der Waals surface area contributed by atoms with E-state index in [1.807, 2.05) is 12.1 Å². The summed E-state index contributed by atoms with van der Waals surface area (Å²) >= 11 is 7.21. The lowest BCUT2D eigenvalue weighted by molar-refractivity contribution is 0.467. The van der Waals surface area contributed by atoms with E-state index >= 15 is 0 Å². The Labute approximate surface area is 74.2 Å². The third-order valence-corrected chi connectivity index (χ3v) is 2.43. The molecule has 62 valence electrons. The van der Waals surface area contributed by atoms with Crippen LogP contribution in [0.4, 0.5) is 4.39 Å². The molecule has 1 nitrogen and oxygen atoms in total. The van der Waals surface area contributed by atoms with Gasteiger partial charge >= 0.3 is 0 Å². The smallest absolute Gasteiger partial charge is 0.102 e. The SMILES string of the molecule is FCCNCc1ccc(Cl)s1. The van der Waals surface area contributed by atoms with Gasteiger partial charge in [-0.3, -0.25) is 0 Å². The van der Waals surface area contributed by atoms with Crippen molar-refractivity contribution in [3.63, 3.8) is 0 Å². The summed E-state index contributed by atoms with van der Waals surface area (Å²) in [5.41, 5.74) is 0. The van der Waals surface area contributed by atoms with Crippen molar-refractivity contribution >= 4 is 22.9 Å². The molecule has 0 atom stereocenters. The Morgan fingerprint density at radius 3 is 2.91 bits per heavy atom. The Balaban J connectivity index is 2.27. The van der Waals surface area contributed by atoms with Crippen LogP contribution >= 0.6 is 22.9 Å². The molecular weight excluding hydrogens is 185 g/mol. The summed E-state index contributed by atoms with van der Waals surface area (Å²) < 4.78 is 12.4. The number of halogens is 2. The molecule has 0 radical (unpaired) electrons. The van der Waals surface area contributed by atoms with Gasteiger partial charge in [-0.2, -0.15) is 0 Å². The molecule has 1 aromatic heterocycles. The van der Waals surface area contributed by atoms with Crippen molar-refractivity contribution in [2.45, 2.75) is 6.54 Å². The summed E-state index contributed by atoms with van der Waals surface area (Å²) in [6, 6.07) is 3.79. The largest absolute Gasteiger partial charge is 0.309 e. The first-order chi connectivity index (χ1) is 5.33. The zero-order valence-electron chi connectivity index (χ0n) is 5.94. The van der Waals surface area contributed by atoms with Gasteiger partial charge in [0.1, 0.15) is 6.67 Å². The molecule has 1 rings (SSSR count). The van der Waals surface area contributed by atoms with Crippen molar-refractivity contribution in [1.82, 2.24) is 5.32 Å². The fourth-order valence-corrected chi connectivity index (χ4v) is 1.78. The summed E-state index contributed by atoms with van der Waals surface area (Å²) in [5.74, 6) is 0. The van der Waals surface area contributed by atoms with Crippen LogP contribution in [0.3, 0.4) is 0 Å². The molecule has 4 heteroatoms. The van der Waals surface area contributed by atoms with E-state index in [4.69, 9.17) is 11.6 Å². The fraction of sp³-hybridized carbons (Fsp3) is 0.429. The molecule has 0 aliphatic carbocycles. The Morgan fingerprint density at radius 2 is 2.36 bits per heavy atom. The predicted molar refractivity (Wildman–Crippen MR) is 47.0 cm³/mol. The molecule has 0 aliphatic rings. The molecule has 0 amide bonds. The molecule has 1 aromatic rings. The quantitative estimate of drug-likeness (QED) is 0.725. The average molecular weight is 194 g/mol. The van der Waals surface area contributed by atoms with E-state index in [1.54, 1.807) is 0 Å². The first kappa shape index (κ1) is 8.97. The van der Waals surface area contributed by atoms with Crippen LogP contribution < -0.4 is 5.32 Å². The lowest BCUT2D eigenvalue weighted by Gasteiger charge is -1.96. The topological polar surface area (TPSA) is 12.0 Å². The highest BCUT2D eigenvalue weighted by Gasteiger charge is 1.95. The Morgan fingerprint density at radius 1 is 1.55 bits per heavy atom. The van der Waals surface area contributed by atoms with Gasteiger partial charge < -0.3 is 5.32 Å². The van der Waals surface area contributed by atoms with E-state index in [0.29, 0.717) is 13.1 Å². The van der Waals surface area contributed by atoms with Crippen LogP contribution in [-0.4, -0.2) is 13.2 Å². The molecular formula is C7H9ClFNS. The van der Waals surface area contributed by atoms with E-state index in [9.17, 15) is 4.39 Å². The van der Waals surface area contributed by atoms with Gasteiger partial charge in [-0.05, 0) is 12.1 Å². The third kappa shape index (κ3) is 3.18. The highest BCUT2D eigenvalue weighted by atomic mass is 35.5. The maximum Gasteiger partial charge on any atom is 0.102 e. The van der Waals surface area contributed by atoms with Crippen LogP contribution in [0.25, 0.3) is 0 Å². The van der Waals surface area contributed by atoms with Crippen LogP contribution in [0.5, 0.6) is 0 Å². The van der Waals surface area contributed by atoms with E-state index in [0.717, 1.165) is 9.21 Å². The summed E-state index contributed by atoms with van der Waals surface area (Å²) in [5, 5.41) is 2.94. The van der Waals surface area contributed by atoms with E-state index in [2.05, 4.69) is 5.32 Å². The normalized spacial score (nSPS) is 10.4. The monoisotopic (exact) mass is 193 g/mol. The minimum absolute atomic E-state index is 0.320. The van der Waals surface area contributed by atoms with Crippen molar-refractivity contribution < 1.29 is 4.39 Å². The lowest BCUT2D eigenvalue weighted by Crippen LogP contribution is -2.14. The Bertz CT molecular complexity index is 214. The van der Waals surface area contributed by atoms with Gasteiger partial charge in [0.2, 0.25) is 0 Å². The summed E-state index contributed by atoms with van der Waals surface area (Å²) in [4.78, 5) is 1.14. The van der Waals surface area contributed by atoms with Gasteiger partial charge in [-0.25, -0.2) is 4.39 Å². The minimum Gasteiger partial charge on any atom is -0.309 e. The van der Waals surface area contributed by atoms with Crippen LogP contribution in [0, 0.1) is 0 Å². The van der Waals surface area contributed by atoms with E-state index in [1.165, 1.54) is 11.3 Å². The van der Waals surface area contributed by atoms with Crippen LogP contribution in [0.1, 0.15) is 4.88 Å². The van der Waals surface area contributed by atoms with Crippen LogP contribution in [0.2, 0.25) is 4.34 Å². The summed E-state index contributed by atoms with van der Waals surface area (Å²) in [7, 11) is 0. The molecule has 0 spiro atoms. The standard InChI is InChI=1S/C7H9ClFNS/c8-7-2-1-6(11-7)5-10-4-3-9/h1-2,10H,3-5H2. The Hall–Kier alpha value is -0.120. The second-order valence-corrected chi connectivity index (χ2v) is 3.87. The van der Waals surface area contributed by atoms with Crippen LogP contribution in [0.15, 0.2) is 12.1 Å². The van der Waals surface area contributed by atoms with Crippen molar-refractivity contribution in [3.05, 3.63) is 21.3 Å². The number of hydrogen-bond acceptors (Lipinski definition) is 2. The first-order valence-corrected chi connectivity index (χ1v) is 4.53. The lowest BCUT2D eigenvalue weighted by atomic mass is 10.4. The van der Waals surface area contributed by atoms with Gasteiger partial charge in [0, 0.05) is 18.0 Å². The zero-order chi connectivity index (χ0) is 8.10. The molecule has 0 saturated heterocycles. The highest BCUT2D eigenvalue weighted by molar-refractivity contribution is 7.16. The van der Waals surface area contributed by atoms with Crippen molar-refractivity contribution in [2.75, 3.05) is 13.2 Å². The van der Waals surface area contributed by atoms with Crippen LogP contribution in [-0.2, 0) is 6.54 Å². The second kappa shape index (κ2) is 4.70. The molecule has 0 unspecified atom stereocenters.